The van der Waals surface area contributed by atoms with Crippen molar-refractivity contribution in [2.75, 3.05) is 18.2 Å². The van der Waals surface area contributed by atoms with Crippen LogP contribution in [0.2, 0.25) is 0 Å². The van der Waals surface area contributed by atoms with E-state index in [1.807, 2.05) is 25.5 Å². The minimum absolute atomic E-state index is 0.952. The first-order valence-electron chi connectivity index (χ1n) is 6.51. The monoisotopic (exact) mass is 271 g/mol. The van der Waals surface area contributed by atoms with E-state index >= 15 is 0 Å². The van der Waals surface area contributed by atoms with E-state index in [1.54, 1.807) is 0 Å². The molecule has 98 valence electrons. The number of benzene rings is 2. The highest BCUT2D eigenvalue weighted by Gasteiger charge is 2.19. The highest BCUT2D eigenvalue weighted by Crippen LogP contribution is 2.35. The van der Waals surface area contributed by atoms with Crippen LogP contribution in [0.4, 0.5) is 5.69 Å². The maximum Gasteiger partial charge on any atom is 0.109 e. The van der Waals surface area contributed by atoms with Gasteiger partial charge in [0.25, 0.3) is 0 Å². The summed E-state index contributed by atoms with van der Waals surface area (Å²) in [4.78, 5) is 2.35. The van der Waals surface area contributed by atoms with Gasteiger partial charge in [-0.05, 0) is 48.7 Å². The summed E-state index contributed by atoms with van der Waals surface area (Å²) in [6.45, 7) is 5.55. The maximum atomic E-state index is 12.0. The fourth-order valence-electron chi connectivity index (χ4n) is 2.54. The molecule has 0 radical (unpaired) electrons. The van der Waals surface area contributed by atoms with E-state index in [0.717, 1.165) is 18.4 Å². The SMILES string of the molecule is CP(C)(=O)c1ccc(N2Cc3ccccc3C2)cc1. The molecule has 3 rings (SSSR count). The van der Waals surface area contributed by atoms with Gasteiger partial charge in [0.15, 0.2) is 0 Å². The predicted octanol–water partition coefficient (Wildman–Crippen LogP) is 3.45. The largest absolute Gasteiger partial charge is 0.363 e. The number of rotatable bonds is 2. The Kier molecular flexibility index (Phi) is 2.99. The summed E-state index contributed by atoms with van der Waals surface area (Å²) >= 11 is 0. The quantitative estimate of drug-likeness (QED) is 0.780. The molecule has 19 heavy (non-hydrogen) atoms. The van der Waals surface area contributed by atoms with Crippen LogP contribution in [0.15, 0.2) is 48.5 Å². The van der Waals surface area contributed by atoms with Gasteiger partial charge in [0.2, 0.25) is 0 Å². The molecular weight excluding hydrogens is 253 g/mol. The standard InChI is InChI=1S/C16H18NOP/c1-19(2,18)16-9-7-15(8-10-16)17-11-13-5-3-4-6-14(13)12-17/h3-10H,11-12H2,1-2H3. The first kappa shape index (κ1) is 12.5. The van der Waals surface area contributed by atoms with Gasteiger partial charge >= 0.3 is 0 Å². The van der Waals surface area contributed by atoms with E-state index in [2.05, 4.69) is 41.3 Å². The van der Waals surface area contributed by atoms with Crippen LogP contribution in [0.5, 0.6) is 0 Å². The number of hydrogen-bond acceptors (Lipinski definition) is 2. The summed E-state index contributed by atoms with van der Waals surface area (Å²) in [5.41, 5.74) is 4.01. The van der Waals surface area contributed by atoms with E-state index in [9.17, 15) is 4.57 Å². The van der Waals surface area contributed by atoms with Gasteiger partial charge in [-0.15, -0.1) is 0 Å². The number of hydrogen-bond donors (Lipinski definition) is 0. The van der Waals surface area contributed by atoms with Crippen molar-refractivity contribution in [2.24, 2.45) is 0 Å². The van der Waals surface area contributed by atoms with Crippen LogP contribution >= 0.6 is 7.14 Å². The Bertz CT molecular complexity index is 617. The second-order valence-electron chi connectivity index (χ2n) is 5.49. The Hall–Kier alpha value is -1.53. The first-order chi connectivity index (χ1) is 9.04. The van der Waals surface area contributed by atoms with E-state index < -0.39 is 7.14 Å². The molecule has 0 aliphatic carbocycles. The van der Waals surface area contributed by atoms with Crippen molar-refractivity contribution in [1.29, 1.82) is 0 Å². The van der Waals surface area contributed by atoms with Crippen molar-refractivity contribution in [3.05, 3.63) is 59.7 Å². The average molecular weight is 271 g/mol. The lowest BCUT2D eigenvalue weighted by atomic mass is 10.1. The molecule has 3 heteroatoms. The Morgan fingerprint density at radius 2 is 1.42 bits per heavy atom. The molecule has 0 amide bonds. The molecule has 0 atom stereocenters. The lowest BCUT2D eigenvalue weighted by molar-refractivity contribution is 0.588. The van der Waals surface area contributed by atoms with Crippen LogP contribution in [0.3, 0.4) is 0 Å². The summed E-state index contributed by atoms with van der Waals surface area (Å²) in [6, 6.07) is 16.7. The Labute approximate surface area is 114 Å². The second kappa shape index (κ2) is 4.54. The lowest BCUT2D eigenvalue weighted by Crippen LogP contribution is -2.15. The molecule has 0 spiro atoms. The van der Waals surface area contributed by atoms with Gasteiger partial charge in [-0.1, -0.05) is 24.3 Å². The highest BCUT2D eigenvalue weighted by atomic mass is 31.2. The fraction of sp³-hybridized carbons (Fsp3) is 0.250. The smallest absolute Gasteiger partial charge is 0.109 e. The Morgan fingerprint density at radius 3 is 1.89 bits per heavy atom. The maximum absolute atomic E-state index is 12.0. The summed E-state index contributed by atoms with van der Waals surface area (Å²) in [5, 5.41) is 0.952. The predicted molar refractivity (Wildman–Crippen MR) is 81.9 cm³/mol. The van der Waals surface area contributed by atoms with Crippen molar-refractivity contribution in [3.63, 3.8) is 0 Å². The van der Waals surface area contributed by atoms with Crippen molar-refractivity contribution in [1.82, 2.24) is 0 Å². The van der Waals surface area contributed by atoms with Gasteiger partial charge in [0.05, 0.1) is 0 Å². The summed E-state index contributed by atoms with van der Waals surface area (Å²) in [5.74, 6) is 0. The minimum atomic E-state index is -2.15. The number of anilines is 1. The molecule has 0 fully saturated rings. The van der Waals surface area contributed by atoms with Gasteiger partial charge in [0, 0.05) is 24.1 Å². The van der Waals surface area contributed by atoms with Crippen molar-refractivity contribution < 1.29 is 4.57 Å². The average Bonchev–Trinajstić information content (AvgIpc) is 2.81. The fourth-order valence-corrected chi connectivity index (χ4v) is 3.41. The van der Waals surface area contributed by atoms with Gasteiger partial charge in [-0.25, -0.2) is 0 Å². The molecule has 1 heterocycles. The zero-order valence-corrected chi connectivity index (χ0v) is 12.2. The molecule has 1 aliphatic heterocycles. The Balaban J connectivity index is 1.84. The topological polar surface area (TPSA) is 20.3 Å². The van der Waals surface area contributed by atoms with E-state index in [-0.39, 0.29) is 0 Å². The molecule has 1 aliphatic rings. The third kappa shape index (κ3) is 2.46. The first-order valence-corrected chi connectivity index (χ1v) is 9.11. The Morgan fingerprint density at radius 1 is 0.895 bits per heavy atom. The molecule has 0 saturated carbocycles. The van der Waals surface area contributed by atoms with Crippen LogP contribution in [0, 0.1) is 0 Å². The molecule has 0 N–H and O–H groups in total. The van der Waals surface area contributed by atoms with Crippen molar-refractivity contribution >= 4 is 18.1 Å². The molecule has 2 aromatic rings. The summed E-state index contributed by atoms with van der Waals surface area (Å²) in [7, 11) is -2.15. The molecule has 0 unspecified atom stereocenters. The highest BCUT2D eigenvalue weighted by molar-refractivity contribution is 7.70. The summed E-state index contributed by atoms with van der Waals surface area (Å²) in [6.07, 6.45) is 0. The lowest BCUT2D eigenvalue weighted by Gasteiger charge is -2.18. The van der Waals surface area contributed by atoms with Crippen LogP contribution in [0.1, 0.15) is 11.1 Å². The minimum Gasteiger partial charge on any atom is -0.363 e. The number of nitrogens with zero attached hydrogens (tertiary/aromatic N) is 1. The van der Waals surface area contributed by atoms with Gasteiger partial charge in [-0.2, -0.15) is 0 Å². The second-order valence-corrected chi connectivity index (χ2v) is 8.71. The molecule has 0 bridgehead atoms. The number of fused-ring (bicyclic) bond motifs is 1. The molecule has 0 saturated heterocycles. The van der Waals surface area contributed by atoms with Gasteiger partial charge in [0.1, 0.15) is 7.14 Å². The van der Waals surface area contributed by atoms with Crippen molar-refractivity contribution in [2.45, 2.75) is 13.1 Å². The van der Waals surface area contributed by atoms with E-state index in [1.165, 1.54) is 16.8 Å². The molecule has 0 aromatic heterocycles. The van der Waals surface area contributed by atoms with E-state index in [4.69, 9.17) is 0 Å². The third-order valence-electron chi connectivity index (χ3n) is 3.68. The van der Waals surface area contributed by atoms with Crippen LogP contribution in [-0.4, -0.2) is 13.3 Å². The molecule has 2 nitrogen and oxygen atoms in total. The van der Waals surface area contributed by atoms with Crippen molar-refractivity contribution in [3.8, 4) is 0 Å². The van der Waals surface area contributed by atoms with Crippen LogP contribution in [-0.2, 0) is 17.7 Å². The van der Waals surface area contributed by atoms with Crippen LogP contribution < -0.4 is 10.2 Å². The van der Waals surface area contributed by atoms with Gasteiger partial charge < -0.3 is 9.46 Å². The van der Waals surface area contributed by atoms with Crippen LogP contribution in [0.25, 0.3) is 0 Å². The molecular formula is C16H18NOP. The zero-order valence-electron chi connectivity index (χ0n) is 11.3. The third-order valence-corrected chi connectivity index (χ3v) is 5.22. The zero-order chi connectivity index (χ0) is 13.5. The normalized spacial score (nSPS) is 14.5. The van der Waals surface area contributed by atoms with E-state index in [0.29, 0.717) is 0 Å². The molecule has 2 aromatic carbocycles. The summed E-state index contributed by atoms with van der Waals surface area (Å²) < 4.78 is 12.0. The van der Waals surface area contributed by atoms with Gasteiger partial charge in [-0.3, -0.25) is 0 Å².